The lowest BCUT2D eigenvalue weighted by atomic mass is 9.95. The summed E-state index contributed by atoms with van der Waals surface area (Å²) in [4.78, 5) is 0.141. The number of rotatable bonds is 4. The highest BCUT2D eigenvalue weighted by Gasteiger charge is 2.33. The van der Waals surface area contributed by atoms with Crippen LogP contribution >= 0.6 is 0 Å². The summed E-state index contributed by atoms with van der Waals surface area (Å²) in [5.74, 6) is 0. The molecule has 1 N–H and O–H groups in total. The summed E-state index contributed by atoms with van der Waals surface area (Å²) < 4.78 is 67.3. The molecule has 0 atom stereocenters. The van der Waals surface area contributed by atoms with Crippen LogP contribution in [0.4, 0.5) is 13.2 Å². The Kier molecular flexibility index (Phi) is 5.54. The highest BCUT2D eigenvalue weighted by atomic mass is 32.2. The first-order valence-electron chi connectivity index (χ1n) is 8.09. The summed E-state index contributed by atoms with van der Waals surface area (Å²) in [7, 11) is -3.96. The predicted molar refractivity (Wildman–Crippen MR) is 95.6 cm³/mol. The average Bonchev–Trinajstić information content (AvgIpc) is 2.56. The maximum Gasteiger partial charge on any atom is 0.416 e. The van der Waals surface area contributed by atoms with Crippen LogP contribution in [0, 0.1) is 34.6 Å². The van der Waals surface area contributed by atoms with Gasteiger partial charge in [0.15, 0.2) is 0 Å². The van der Waals surface area contributed by atoms with Gasteiger partial charge in [-0.2, -0.15) is 13.2 Å². The molecule has 0 fully saturated rings. The van der Waals surface area contributed by atoms with Gasteiger partial charge < -0.3 is 0 Å². The Bertz CT molecular complexity index is 919. The first kappa shape index (κ1) is 20.5. The standard InChI is InChI=1S/C19H22F3NO2S/c1-11-12(2)14(4)18(15(5)13(11)3)26(24,25)23-10-16-8-6-7-9-17(16)19(20,21)22/h6-9,23H,10H2,1-5H3. The molecule has 0 saturated heterocycles. The quantitative estimate of drug-likeness (QED) is 0.827. The van der Waals surface area contributed by atoms with Crippen molar-refractivity contribution < 1.29 is 21.6 Å². The molecule has 0 aliphatic rings. The zero-order valence-electron chi connectivity index (χ0n) is 15.4. The summed E-state index contributed by atoms with van der Waals surface area (Å²) >= 11 is 0. The van der Waals surface area contributed by atoms with Gasteiger partial charge in [-0.15, -0.1) is 0 Å². The third kappa shape index (κ3) is 3.78. The maximum absolute atomic E-state index is 13.1. The molecule has 0 aromatic heterocycles. The summed E-state index contributed by atoms with van der Waals surface area (Å²) in [6.45, 7) is 8.61. The minimum absolute atomic E-state index is 0.112. The minimum Gasteiger partial charge on any atom is -0.207 e. The fourth-order valence-electron chi connectivity index (χ4n) is 3.06. The molecule has 0 amide bonds. The van der Waals surface area contributed by atoms with E-state index in [1.807, 2.05) is 20.8 Å². The van der Waals surface area contributed by atoms with Crippen LogP contribution in [0.3, 0.4) is 0 Å². The van der Waals surface area contributed by atoms with Crippen molar-refractivity contribution in [2.45, 2.75) is 52.2 Å². The summed E-state index contributed by atoms with van der Waals surface area (Å²) in [6.07, 6.45) is -4.54. The van der Waals surface area contributed by atoms with Gasteiger partial charge in [0, 0.05) is 6.54 Å². The van der Waals surface area contributed by atoms with E-state index in [0.717, 1.165) is 22.8 Å². The van der Waals surface area contributed by atoms with Crippen molar-refractivity contribution in [1.82, 2.24) is 4.72 Å². The van der Waals surface area contributed by atoms with E-state index < -0.39 is 28.3 Å². The second-order valence-electron chi connectivity index (χ2n) is 6.43. The van der Waals surface area contributed by atoms with Crippen LogP contribution in [0.5, 0.6) is 0 Å². The lowest BCUT2D eigenvalue weighted by Gasteiger charge is -2.19. The van der Waals surface area contributed by atoms with Crippen molar-refractivity contribution in [2.75, 3.05) is 0 Å². The second kappa shape index (κ2) is 7.04. The smallest absolute Gasteiger partial charge is 0.207 e. The van der Waals surface area contributed by atoms with Gasteiger partial charge in [-0.25, -0.2) is 13.1 Å². The number of alkyl halides is 3. The topological polar surface area (TPSA) is 46.2 Å². The lowest BCUT2D eigenvalue weighted by Crippen LogP contribution is -2.27. The lowest BCUT2D eigenvalue weighted by molar-refractivity contribution is -0.138. The molecule has 0 bridgehead atoms. The number of hydrogen-bond acceptors (Lipinski definition) is 2. The van der Waals surface area contributed by atoms with Crippen LogP contribution in [0.15, 0.2) is 29.2 Å². The van der Waals surface area contributed by atoms with Crippen LogP contribution in [-0.4, -0.2) is 8.42 Å². The monoisotopic (exact) mass is 385 g/mol. The van der Waals surface area contributed by atoms with E-state index in [2.05, 4.69) is 4.72 Å². The number of hydrogen-bond donors (Lipinski definition) is 1. The number of nitrogens with one attached hydrogen (secondary N) is 1. The number of sulfonamides is 1. The first-order chi connectivity index (χ1) is 11.9. The highest BCUT2D eigenvalue weighted by Crippen LogP contribution is 2.33. The molecule has 0 heterocycles. The van der Waals surface area contributed by atoms with Gasteiger partial charge in [0.05, 0.1) is 10.5 Å². The SMILES string of the molecule is Cc1c(C)c(C)c(S(=O)(=O)NCc2ccccc2C(F)(F)F)c(C)c1C. The van der Waals surface area contributed by atoms with Gasteiger partial charge in [0.25, 0.3) is 0 Å². The second-order valence-corrected chi connectivity index (χ2v) is 8.14. The largest absolute Gasteiger partial charge is 0.416 e. The first-order valence-corrected chi connectivity index (χ1v) is 9.58. The Morgan fingerprint density at radius 1 is 0.846 bits per heavy atom. The zero-order chi connectivity index (χ0) is 19.9. The third-order valence-electron chi connectivity index (χ3n) is 4.98. The average molecular weight is 385 g/mol. The van der Waals surface area contributed by atoms with Crippen molar-refractivity contribution in [3.8, 4) is 0 Å². The summed E-state index contributed by atoms with van der Waals surface area (Å²) in [6, 6.07) is 4.95. The van der Waals surface area contributed by atoms with Crippen molar-refractivity contribution in [2.24, 2.45) is 0 Å². The predicted octanol–water partition coefficient (Wildman–Crippen LogP) is 4.73. The van der Waals surface area contributed by atoms with Crippen LogP contribution in [-0.2, 0) is 22.7 Å². The Hall–Kier alpha value is -1.86. The van der Waals surface area contributed by atoms with E-state index in [0.29, 0.717) is 11.1 Å². The molecule has 0 aliphatic heterocycles. The zero-order valence-corrected chi connectivity index (χ0v) is 16.2. The van der Waals surface area contributed by atoms with E-state index in [9.17, 15) is 21.6 Å². The summed E-state index contributed by atoms with van der Waals surface area (Å²) in [5, 5.41) is 0. The summed E-state index contributed by atoms with van der Waals surface area (Å²) in [5.41, 5.74) is 3.02. The molecule has 0 radical (unpaired) electrons. The fourth-order valence-corrected chi connectivity index (χ4v) is 4.67. The number of benzene rings is 2. The van der Waals surface area contributed by atoms with Crippen molar-refractivity contribution in [1.29, 1.82) is 0 Å². The minimum atomic E-state index is -4.54. The van der Waals surface area contributed by atoms with Crippen LogP contribution in [0.1, 0.15) is 38.9 Å². The third-order valence-corrected chi connectivity index (χ3v) is 6.65. The van der Waals surface area contributed by atoms with Crippen molar-refractivity contribution in [3.63, 3.8) is 0 Å². The van der Waals surface area contributed by atoms with Crippen LogP contribution < -0.4 is 4.72 Å². The van der Waals surface area contributed by atoms with Crippen molar-refractivity contribution in [3.05, 3.63) is 63.2 Å². The van der Waals surface area contributed by atoms with E-state index in [1.54, 1.807) is 13.8 Å². The molecule has 7 heteroatoms. The Labute approximate surface area is 152 Å². The van der Waals surface area contributed by atoms with Gasteiger partial charge in [-0.3, -0.25) is 0 Å². The molecule has 26 heavy (non-hydrogen) atoms. The Balaban J connectivity index is 2.44. The molecular formula is C19H22F3NO2S. The molecule has 0 unspecified atom stereocenters. The van der Waals surface area contributed by atoms with Crippen LogP contribution in [0.25, 0.3) is 0 Å². The molecule has 2 rings (SSSR count). The normalized spacial score (nSPS) is 12.5. The van der Waals surface area contributed by atoms with Gasteiger partial charge in [-0.1, -0.05) is 18.2 Å². The van der Waals surface area contributed by atoms with Crippen molar-refractivity contribution >= 4 is 10.0 Å². The highest BCUT2D eigenvalue weighted by molar-refractivity contribution is 7.89. The Morgan fingerprint density at radius 3 is 1.81 bits per heavy atom. The van der Waals surface area contributed by atoms with Gasteiger partial charge in [0.1, 0.15) is 0 Å². The van der Waals surface area contributed by atoms with Gasteiger partial charge >= 0.3 is 6.18 Å². The molecule has 3 nitrogen and oxygen atoms in total. The van der Waals surface area contributed by atoms with Gasteiger partial charge in [-0.05, 0) is 74.1 Å². The van der Waals surface area contributed by atoms with E-state index in [4.69, 9.17) is 0 Å². The molecule has 142 valence electrons. The maximum atomic E-state index is 13.1. The molecule has 2 aromatic rings. The van der Waals surface area contributed by atoms with Gasteiger partial charge in [0.2, 0.25) is 10.0 Å². The molecule has 0 aliphatic carbocycles. The molecule has 0 saturated carbocycles. The Morgan fingerprint density at radius 2 is 1.31 bits per heavy atom. The molecular weight excluding hydrogens is 363 g/mol. The fraction of sp³-hybridized carbons (Fsp3) is 0.368. The van der Waals surface area contributed by atoms with Crippen LogP contribution in [0.2, 0.25) is 0 Å². The molecule has 0 spiro atoms. The van der Waals surface area contributed by atoms with E-state index >= 15 is 0 Å². The van der Waals surface area contributed by atoms with E-state index in [1.165, 1.54) is 18.2 Å². The van der Waals surface area contributed by atoms with E-state index in [-0.39, 0.29) is 10.5 Å². The molecule has 2 aromatic carbocycles. The number of halogens is 3.